The Morgan fingerprint density at radius 1 is 0.800 bits per heavy atom. The zero-order valence-corrected chi connectivity index (χ0v) is 12.5. The second-order valence-corrected chi connectivity index (χ2v) is 5.55. The summed E-state index contributed by atoms with van der Waals surface area (Å²) < 4.78 is 0. The largest absolute Gasteiger partial charge is 0.481 e. The van der Waals surface area contributed by atoms with Gasteiger partial charge in [-0.25, -0.2) is 9.59 Å². The fourth-order valence-corrected chi connectivity index (χ4v) is 2.84. The molecule has 0 saturated carbocycles. The van der Waals surface area contributed by atoms with Crippen molar-refractivity contribution in [3.8, 4) is 0 Å². The van der Waals surface area contributed by atoms with E-state index in [0.29, 0.717) is 0 Å². The van der Waals surface area contributed by atoms with Crippen molar-refractivity contribution in [2.75, 3.05) is 0 Å². The second-order valence-electron chi connectivity index (χ2n) is 5.55. The summed E-state index contributed by atoms with van der Waals surface area (Å²) in [6.07, 6.45) is -0.732. The fraction of sp³-hybridized carbons (Fsp3) is 0.333. The number of hydrogen-bond donors (Lipinski definition) is 4. The maximum absolute atomic E-state index is 11.7. The number of aromatic carboxylic acids is 2. The molecule has 0 spiro atoms. The van der Waals surface area contributed by atoms with Crippen molar-refractivity contribution in [1.29, 1.82) is 0 Å². The first-order valence-corrected chi connectivity index (χ1v) is 7.08. The third-order valence-electron chi connectivity index (χ3n) is 4.03. The SMILES string of the molecule is O=C(O)CCCC(C(=O)O)C(c1c(C(=O)O)c1=O)c1c(C(=O)O)c1=O. The van der Waals surface area contributed by atoms with Crippen molar-refractivity contribution in [2.45, 2.75) is 25.2 Å². The number of carbonyl (C=O) groups is 4. The normalized spacial score (nSPS) is 12.7. The van der Waals surface area contributed by atoms with Gasteiger partial charge in [0.05, 0.1) is 5.92 Å². The molecule has 10 heteroatoms. The van der Waals surface area contributed by atoms with Crippen molar-refractivity contribution in [1.82, 2.24) is 0 Å². The Balaban J connectivity index is 2.42. The van der Waals surface area contributed by atoms with Crippen molar-refractivity contribution >= 4 is 23.9 Å². The highest BCUT2D eigenvalue weighted by molar-refractivity contribution is 5.98. The molecule has 0 aromatic heterocycles. The lowest BCUT2D eigenvalue weighted by Crippen LogP contribution is -2.23. The molecule has 0 bridgehead atoms. The Kier molecular flexibility index (Phi) is 4.55. The van der Waals surface area contributed by atoms with Gasteiger partial charge in [-0.3, -0.25) is 19.2 Å². The smallest absolute Gasteiger partial charge is 0.340 e. The second kappa shape index (κ2) is 6.30. The van der Waals surface area contributed by atoms with E-state index in [1.807, 2.05) is 0 Å². The van der Waals surface area contributed by atoms with Gasteiger partial charge < -0.3 is 20.4 Å². The van der Waals surface area contributed by atoms with Gasteiger partial charge in [-0.2, -0.15) is 0 Å². The van der Waals surface area contributed by atoms with Crippen molar-refractivity contribution in [3.05, 3.63) is 42.7 Å². The maximum atomic E-state index is 11.7. The Labute approximate surface area is 138 Å². The molecule has 4 N–H and O–H groups in total. The minimum atomic E-state index is -1.59. The highest BCUT2D eigenvalue weighted by Gasteiger charge is 2.48. The van der Waals surface area contributed by atoms with E-state index >= 15 is 0 Å². The van der Waals surface area contributed by atoms with Gasteiger partial charge in [0.25, 0.3) is 0 Å². The first kappa shape index (κ1) is 18.0. The van der Waals surface area contributed by atoms with Gasteiger partial charge in [0.1, 0.15) is 11.1 Å². The van der Waals surface area contributed by atoms with Crippen LogP contribution in [-0.4, -0.2) is 44.3 Å². The number of carboxylic acids is 4. The van der Waals surface area contributed by atoms with E-state index in [4.69, 9.17) is 15.3 Å². The van der Waals surface area contributed by atoms with Crippen LogP contribution in [0, 0.1) is 5.92 Å². The van der Waals surface area contributed by atoms with Gasteiger partial charge in [-0.05, 0) is 12.8 Å². The molecule has 0 saturated heterocycles. The summed E-state index contributed by atoms with van der Waals surface area (Å²) in [5.74, 6) is -8.82. The highest BCUT2D eigenvalue weighted by atomic mass is 16.4. The van der Waals surface area contributed by atoms with Crippen LogP contribution >= 0.6 is 0 Å². The number of rotatable bonds is 10. The minimum absolute atomic E-state index is 0.101. The van der Waals surface area contributed by atoms with Gasteiger partial charge in [0, 0.05) is 23.5 Å². The lowest BCUT2D eigenvalue weighted by molar-refractivity contribution is -0.143. The van der Waals surface area contributed by atoms with E-state index in [2.05, 4.69) is 0 Å². The summed E-state index contributed by atoms with van der Waals surface area (Å²) in [5.41, 5.74) is -4.00. The quantitative estimate of drug-likeness (QED) is 0.440. The van der Waals surface area contributed by atoms with E-state index in [9.17, 15) is 33.9 Å². The van der Waals surface area contributed by atoms with Crippen LogP contribution in [0.2, 0.25) is 0 Å². The molecule has 0 heterocycles. The molecule has 2 aromatic carbocycles. The molecule has 2 rings (SSSR count). The van der Waals surface area contributed by atoms with Crippen LogP contribution in [-0.2, 0) is 9.59 Å². The van der Waals surface area contributed by atoms with E-state index in [1.165, 1.54) is 0 Å². The average Bonchev–Trinajstić information content (AvgIpc) is 3.33. The van der Waals surface area contributed by atoms with Crippen LogP contribution in [0.1, 0.15) is 57.0 Å². The molecule has 0 amide bonds. The molecule has 1 atom stereocenters. The summed E-state index contributed by atoms with van der Waals surface area (Å²) in [6, 6.07) is 0. The molecule has 0 fully saturated rings. The summed E-state index contributed by atoms with van der Waals surface area (Å²) >= 11 is 0. The molecule has 2 aromatic rings. The fourth-order valence-electron chi connectivity index (χ4n) is 2.84. The Morgan fingerprint density at radius 2 is 1.24 bits per heavy atom. The lowest BCUT2D eigenvalue weighted by Gasteiger charge is -2.18. The van der Waals surface area contributed by atoms with Crippen LogP contribution in [0.25, 0.3) is 0 Å². The number of hydrogen-bond acceptors (Lipinski definition) is 6. The van der Waals surface area contributed by atoms with Gasteiger partial charge >= 0.3 is 23.9 Å². The molecular formula is C15H12O10. The standard InChI is InChI=1S/C15H12O10/c16-5(17)3-1-2-4(13(20)21)6(7-9(11(7)18)14(22)23)8-10(12(8)19)15(24)25/h4,6H,1-3H2,(H,16,17)(H,20,21)(H,22,23)(H,24,25). The van der Waals surface area contributed by atoms with Crippen molar-refractivity contribution < 1.29 is 39.6 Å². The first-order valence-electron chi connectivity index (χ1n) is 7.08. The first-order chi connectivity index (χ1) is 11.6. The van der Waals surface area contributed by atoms with Crippen LogP contribution in [0.4, 0.5) is 0 Å². The number of aliphatic carboxylic acids is 2. The third kappa shape index (κ3) is 3.32. The molecule has 132 valence electrons. The number of carboxylic acid groups (broad SMARTS) is 4. The van der Waals surface area contributed by atoms with E-state index in [-0.39, 0.29) is 19.3 Å². The molecule has 1 unspecified atom stereocenters. The van der Waals surface area contributed by atoms with Gasteiger partial charge in [-0.15, -0.1) is 0 Å². The van der Waals surface area contributed by atoms with Gasteiger partial charge in [0.15, 0.2) is 10.9 Å². The summed E-state index contributed by atoms with van der Waals surface area (Å²) in [4.78, 5) is 67.5. The third-order valence-corrected chi connectivity index (χ3v) is 4.03. The monoisotopic (exact) mass is 352 g/mol. The summed E-state index contributed by atoms with van der Waals surface area (Å²) in [6.45, 7) is 0. The van der Waals surface area contributed by atoms with Crippen LogP contribution in [0.5, 0.6) is 0 Å². The topological polar surface area (TPSA) is 183 Å². The Hall–Kier alpha value is -3.30. The minimum Gasteiger partial charge on any atom is -0.481 e. The summed E-state index contributed by atoms with van der Waals surface area (Å²) in [7, 11) is 0. The zero-order valence-electron chi connectivity index (χ0n) is 12.5. The predicted molar refractivity (Wildman–Crippen MR) is 78.5 cm³/mol. The van der Waals surface area contributed by atoms with Gasteiger partial charge in [-0.1, -0.05) is 0 Å². The molecule has 0 radical (unpaired) electrons. The molecule has 25 heavy (non-hydrogen) atoms. The van der Waals surface area contributed by atoms with Crippen molar-refractivity contribution in [2.24, 2.45) is 5.92 Å². The highest BCUT2D eigenvalue weighted by Crippen LogP contribution is 2.40. The van der Waals surface area contributed by atoms with Crippen LogP contribution < -0.4 is 10.9 Å². The molecule has 0 aliphatic heterocycles. The molecule has 0 aliphatic rings. The maximum Gasteiger partial charge on any atom is 0.340 e. The van der Waals surface area contributed by atoms with Crippen molar-refractivity contribution in [3.63, 3.8) is 0 Å². The molecular weight excluding hydrogens is 340 g/mol. The van der Waals surface area contributed by atoms with Crippen LogP contribution in [0.15, 0.2) is 9.59 Å². The Bertz CT molecular complexity index is 844. The zero-order chi connectivity index (χ0) is 19.0. The summed E-state index contributed by atoms with van der Waals surface area (Å²) in [5, 5.41) is 35.9. The van der Waals surface area contributed by atoms with Gasteiger partial charge in [0.2, 0.25) is 0 Å². The Morgan fingerprint density at radius 3 is 1.52 bits per heavy atom. The molecule has 10 nitrogen and oxygen atoms in total. The molecule has 0 aliphatic carbocycles. The predicted octanol–water partition coefficient (Wildman–Crippen LogP) is -0.358. The van der Waals surface area contributed by atoms with E-state index in [1.54, 1.807) is 0 Å². The van der Waals surface area contributed by atoms with E-state index < -0.39 is 68.8 Å². The van der Waals surface area contributed by atoms with E-state index in [0.717, 1.165) is 0 Å². The van der Waals surface area contributed by atoms with Crippen LogP contribution in [0.3, 0.4) is 0 Å². The average molecular weight is 352 g/mol. The lowest BCUT2D eigenvalue weighted by atomic mass is 9.83.